The number of nitrogens with zero attached hydrogens (tertiary/aromatic N) is 2. The van der Waals surface area contributed by atoms with Gasteiger partial charge in [0.15, 0.2) is 0 Å². The maximum Gasteiger partial charge on any atom is 0.242 e. The summed E-state index contributed by atoms with van der Waals surface area (Å²) in [6, 6.07) is 8.16. The third kappa shape index (κ3) is 3.67. The van der Waals surface area contributed by atoms with E-state index in [4.69, 9.17) is 5.26 Å². The molecule has 0 amide bonds. The Hall–Kier alpha value is -1.75. The molecule has 0 aliphatic carbocycles. The zero-order valence-corrected chi connectivity index (χ0v) is 13.3. The Kier molecular flexibility index (Phi) is 4.73. The van der Waals surface area contributed by atoms with Crippen LogP contribution < -0.4 is 4.72 Å². The average Bonchev–Trinajstić information content (AvgIpc) is 2.98. The SMILES string of the molecule is CC(C)C(NS(=O)(=O)c1ccc(C#N)nc1)c1cccs1. The van der Waals surface area contributed by atoms with Crippen LogP contribution >= 0.6 is 11.3 Å². The van der Waals surface area contributed by atoms with Crippen molar-refractivity contribution in [2.75, 3.05) is 0 Å². The lowest BCUT2D eigenvalue weighted by molar-refractivity contribution is 0.469. The molecule has 1 N–H and O–H groups in total. The van der Waals surface area contributed by atoms with Gasteiger partial charge in [-0.1, -0.05) is 19.9 Å². The first-order valence-corrected chi connectivity index (χ1v) is 8.72. The largest absolute Gasteiger partial charge is 0.244 e. The van der Waals surface area contributed by atoms with Crippen molar-refractivity contribution in [3.05, 3.63) is 46.4 Å². The highest BCUT2D eigenvalue weighted by Gasteiger charge is 2.24. The predicted octanol–water partition coefficient (Wildman–Crippen LogP) is 2.69. The zero-order valence-electron chi connectivity index (χ0n) is 11.6. The number of hydrogen-bond acceptors (Lipinski definition) is 5. The summed E-state index contributed by atoms with van der Waals surface area (Å²) in [4.78, 5) is 4.83. The van der Waals surface area contributed by atoms with Gasteiger partial charge in [-0.25, -0.2) is 18.1 Å². The van der Waals surface area contributed by atoms with E-state index in [0.29, 0.717) is 0 Å². The minimum Gasteiger partial charge on any atom is -0.244 e. The third-order valence-corrected chi connectivity index (χ3v) is 5.34. The van der Waals surface area contributed by atoms with Crippen molar-refractivity contribution in [2.24, 2.45) is 5.92 Å². The van der Waals surface area contributed by atoms with Gasteiger partial charge in [0.2, 0.25) is 10.0 Å². The van der Waals surface area contributed by atoms with Crippen molar-refractivity contribution in [1.29, 1.82) is 5.26 Å². The Morgan fingerprint density at radius 2 is 2.10 bits per heavy atom. The van der Waals surface area contributed by atoms with Gasteiger partial charge in [-0.05, 0) is 29.5 Å². The van der Waals surface area contributed by atoms with E-state index in [1.165, 1.54) is 29.7 Å². The molecule has 1 atom stereocenters. The van der Waals surface area contributed by atoms with Gasteiger partial charge in [0.1, 0.15) is 16.7 Å². The van der Waals surface area contributed by atoms with Gasteiger partial charge in [-0.2, -0.15) is 5.26 Å². The van der Waals surface area contributed by atoms with Crippen LogP contribution in [0, 0.1) is 17.2 Å². The van der Waals surface area contributed by atoms with Crippen molar-refractivity contribution in [3.8, 4) is 6.07 Å². The second kappa shape index (κ2) is 6.35. The van der Waals surface area contributed by atoms with E-state index in [0.717, 1.165) is 4.88 Å². The first-order chi connectivity index (χ1) is 9.94. The first-order valence-electron chi connectivity index (χ1n) is 6.36. The highest BCUT2D eigenvalue weighted by Crippen LogP contribution is 2.27. The molecule has 0 saturated heterocycles. The lowest BCUT2D eigenvalue weighted by Gasteiger charge is -2.21. The summed E-state index contributed by atoms with van der Waals surface area (Å²) in [5, 5.41) is 10.6. The first kappa shape index (κ1) is 15.6. The maximum absolute atomic E-state index is 12.4. The van der Waals surface area contributed by atoms with E-state index < -0.39 is 10.0 Å². The van der Waals surface area contributed by atoms with Gasteiger partial charge >= 0.3 is 0 Å². The topological polar surface area (TPSA) is 82.9 Å². The molecule has 0 fully saturated rings. The van der Waals surface area contributed by atoms with Crippen molar-refractivity contribution < 1.29 is 8.42 Å². The summed E-state index contributed by atoms with van der Waals surface area (Å²) in [5.74, 6) is 0.116. The maximum atomic E-state index is 12.4. The lowest BCUT2D eigenvalue weighted by Crippen LogP contribution is -2.31. The minimum absolute atomic E-state index is 0.0590. The van der Waals surface area contributed by atoms with Crippen molar-refractivity contribution in [3.63, 3.8) is 0 Å². The molecule has 7 heteroatoms. The Morgan fingerprint density at radius 3 is 2.57 bits per heavy atom. The Balaban J connectivity index is 2.28. The summed E-state index contributed by atoms with van der Waals surface area (Å²) in [7, 11) is -3.67. The van der Waals surface area contributed by atoms with E-state index >= 15 is 0 Å². The predicted molar refractivity (Wildman–Crippen MR) is 81.2 cm³/mol. The standard InChI is InChI=1S/C14H15N3O2S2/c1-10(2)14(13-4-3-7-20-13)17-21(18,19)12-6-5-11(8-15)16-9-12/h3-7,9-10,14,17H,1-2H3. The fourth-order valence-corrected chi connectivity index (χ4v) is 4.16. The zero-order chi connectivity index (χ0) is 15.5. The van der Waals surface area contributed by atoms with Gasteiger partial charge < -0.3 is 0 Å². The molecule has 5 nitrogen and oxygen atoms in total. The molecule has 0 aliphatic rings. The van der Waals surface area contributed by atoms with Gasteiger partial charge in [0, 0.05) is 11.1 Å². The number of rotatable bonds is 5. The molecule has 0 bridgehead atoms. The lowest BCUT2D eigenvalue weighted by atomic mass is 10.0. The van der Waals surface area contributed by atoms with E-state index in [1.807, 2.05) is 37.4 Å². The molecule has 2 heterocycles. The summed E-state index contributed by atoms with van der Waals surface area (Å²) in [6.45, 7) is 3.92. The molecule has 0 aliphatic heterocycles. The van der Waals surface area contributed by atoms with E-state index in [2.05, 4.69) is 9.71 Å². The van der Waals surface area contributed by atoms with E-state index in [-0.39, 0.29) is 22.5 Å². The molecule has 21 heavy (non-hydrogen) atoms. The van der Waals surface area contributed by atoms with Crippen molar-refractivity contribution >= 4 is 21.4 Å². The number of nitrogens with one attached hydrogen (secondary N) is 1. The monoisotopic (exact) mass is 321 g/mol. The molecule has 2 aromatic rings. The second-order valence-corrected chi connectivity index (χ2v) is 7.54. The van der Waals surface area contributed by atoms with Crippen LogP contribution in [0.4, 0.5) is 0 Å². The average molecular weight is 321 g/mol. The fraction of sp³-hybridized carbons (Fsp3) is 0.286. The number of pyridine rings is 1. The molecular weight excluding hydrogens is 306 g/mol. The summed E-state index contributed by atoms with van der Waals surface area (Å²) in [6.07, 6.45) is 1.20. The number of hydrogen-bond donors (Lipinski definition) is 1. The fourth-order valence-electron chi connectivity index (χ4n) is 1.83. The quantitative estimate of drug-likeness (QED) is 0.918. The molecule has 0 spiro atoms. The highest BCUT2D eigenvalue weighted by atomic mass is 32.2. The van der Waals surface area contributed by atoms with Gasteiger partial charge in [-0.3, -0.25) is 0 Å². The van der Waals surface area contributed by atoms with Gasteiger partial charge in [0.25, 0.3) is 0 Å². The Labute approximate surface area is 128 Å². The van der Waals surface area contributed by atoms with Crippen LogP contribution in [0.1, 0.15) is 30.5 Å². The minimum atomic E-state index is -3.67. The summed E-state index contributed by atoms with van der Waals surface area (Å²) in [5.41, 5.74) is 0.188. The van der Waals surface area contributed by atoms with Crippen LogP contribution in [0.3, 0.4) is 0 Å². The molecule has 0 aromatic carbocycles. The smallest absolute Gasteiger partial charge is 0.242 e. The van der Waals surface area contributed by atoms with Gasteiger partial charge in [0.05, 0.1) is 6.04 Å². The molecule has 110 valence electrons. The number of aromatic nitrogens is 1. The summed E-state index contributed by atoms with van der Waals surface area (Å²) < 4.78 is 27.5. The third-order valence-electron chi connectivity index (χ3n) is 2.96. The number of sulfonamides is 1. The van der Waals surface area contributed by atoms with Crippen LogP contribution in [0.15, 0.2) is 40.7 Å². The number of nitriles is 1. The van der Waals surface area contributed by atoms with Crippen molar-refractivity contribution in [2.45, 2.75) is 24.8 Å². The van der Waals surface area contributed by atoms with Crippen molar-refractivity contribution in [1.82, 2.24) is 9.71 Å². The molecule has 0 radical (unpaired) electrons. The van der Waals surface area contributed by atoms with Crippen LogP contribution in [-0.2, 0) is 10.0 Å². The molecule has 2 aromatic heterocycles. The van der Waals surface area contributed by atoms with Crippen LogP contribution in [0.5, 0.6) is 0 Å². The summed E-state index contributed by atoms with van der Waals surface area (Å²) >= 11 is 1.52. The van der Waals surface area contributed by atoms with Crippen LogP contribution in [-0.4, -0.2) is 13.4 Å². The Bertz CT molecular complexity index is 730. The Morgan fingerprint density at radius 1 is 1.33 bits per heavy atom. The number of thiophene rings is 1. The van der Waals surface area contributed by atoms with Gasteiger partial charge in [-0.15, -0.1) is 11.3 Å². The molecular formula is C14H15N3O2S2. The highest BCUT2D eigenvalue weighted by molar-refractivity contribution is 7.89. The second-order valence-electron chi connectivity index (χ2n) is 4.85. The molecule has 1 unspecified atom stereocenters. The van der Waals surface area contributed by atoms with E-state index in [9.17, 15) is 8.42 Å². The normalized spacial score (nSPS) is 13.0. The van der Waals surface area contributed by atoms with Crippen LogP contribution in [0.2, 0.25) is 0 Å². The van der Waals surface area contributed by atoms with Crippen LogP contribution in [0.25, 0.3) is 0 Å². The molecule has 0 saturated carbocycles. The van der Waals surface area contributed by atoms with E-state index in [1.54, 1.807) is 0 Å². The molecule has 2 rings (SSSR count).